The van der Waals surface area contributed by atoms with E-state index in [4.69, 9.17) is 4.74 Å². The Morgan fingerprint density at radius 2 is 2.05 bits per heavy atom. The molecule has 0 aromatic heterocycles. The number of nitrogens with zero attached hydrogens (tertiary/aromatic N) is 2. The van der Waals surface area contributed by atoms with Gasteiger partial charge in [0.15, 0.2) is 0 Å². The maximum Gasteiger partial charge on any atom is 0.317 e. The summed E-state index contributed by atoms with van der Waals surface area (Å²) in [7, 11) is 1.64. The SMILES string of the molecule is CCN1CCN(C(=O)NCc2cccc(OC)c2)CC1. The molecule has 0 bridgehead atoms. The Morgan fingerprint density at radius 3 is 2.70 bits per heavy atom. The van der Waals surface area contributed by atoms with Crippen LogP contribution in [0.2, 0.25) is 0 Å². The highest BCUT2D eigenvalue weighted by molar-refractivity contribution is 5.74. The number of carbonyl (C=O) groups is 1. The topological polar surface area (TPSA) is 44.8 Å². The van der Waals surface area contributed by atoms with Gasteiger partial charge in [0.1, 0.15) is 5.75 Å². The number of nitrogens with one attached hydrogen (secondary N) is 1. The van der Waals surface area contributed by atoms with Crippen LogP contribution in [0.4, 0.5) is 4.79 Å². The van der Waals surface area contributed by atoms with E-state index in [1.807, 2.05) is 29.2 Å². The van der Waals surface area contributed by atoms with Gasteiger partial charge in [-0.2, -0.15) is 0 Å². The summed E-state index contributed by atoms with van der Waals surface area (Å²) in [6, 6.07) is 7.77. The first-order chi connectivity index (χ1) is 9.72. The van der Waals surface area contributed by atoms with Crippen molar-refractivity contribution in [3.05, 3.63) is 29.8 Å². The van der Waals surface area contributed by atoms with Crippen molar-refractivity contribution in [2.45, 2.75) is 13.5 Å². The summed E-state index contributed by atoms with van der Waals surface area (Å²) in [5, 5.41) is 2.97. The largest absolute Gasteiger partial charge is 0.497 e. The van der Waals surface area contributed by atoms with Gasteiger partial charge in [-0.3, -0.25) is 0 Å². The van der Waals surface area contributed by atoms with Crippen LogP contribution in [0.5, 0.6) is 5.75 Å². The molecule has 1 saturated heterocycles. The van der Waals surface area contributed by atoms with Gasteiger partial charge in [0.05, 0.1) is 7.11 Å². The van der Waals surface area contributed by atoms with Gasteiger partial charge < -0.3 is 19.9 Å². The van der Waals surface area contributed by atoms with Gasteiger partial charge in [-0.25, -0.2) is 4.79 Å². The summed E-state index contributed by atoms with van der Waals surface area (Å²) >= 11 is 0. The molecule has 0 saturated carbocycles. The van der Waals surface area contributed by atoms with Gasteiger partial charge in [-0.05, 0) is 24.2 Å². The van der Waals surface area contributed by atoms with Crippen LogP contribution in [-0.2, 0) is 6.54 Å². The molecule has 1 N–H and O–H groups in total. The number of carbonyl (C=O) groups excluding carboxylic acids is 1. The zero-order valence-corrected chi connectivity index (χ0v) is 12.3. The molecule has 0 aliphatic carbocycles. The zero-order valence-electron chi connectivity index (χ0n) is 12.3. The van der Waals surface area contributed by atoms with E-state index < -0.39 is 0 Å². The second-order valence-corrected chi connectivity index (χ2v) is 4.93. The minimum absolute atomic E-state index is 0.0172. The maximum atomic E-state index is 12.1. The van der Waals surface area contributed by atoms with Crippen LogP contribution < -0.4 is 10.1 Å². The third kappa shape index (κ3) is 3.87. The molecular weight excluding hydrogens is 254 g/mol. The first-order valence-corrected chi connectivity index (χ1v) is 7.11. The average Bonchev–Trinajstić information content (AvgIpc) is 2.53. The Kier molecular flexibility index (Phi) is 5.24. The molecule has 1 heterocycles. The highest BCUT2D eigenvalue weighted by atomic mass is 16.5. The zero-order chi connectivity index (χ0) is 14.4. The van der Waals surface area contributed by atoms with Crippen LogP contribution in [0.25, 0.3) is 0 Å². The summed E-state index contributed by atoms with van der Waals surface area (Å²) < 4.78 is 5.17. The number of amides is 2. The summed E-state index contributed by atoms with van der Waals surface area (Å²) in [5.74, 6) is 0.813. The van der Waals surface area contributed by atoms with Crippen LogP contribution in [0.1, 0.15) is 12.5 Å². The van der Waals surface area contributed by atoms with Crippen molar-refractivity contribution in [1.82, 2.24) is 15.1 Å². The lowest BCUT2D eigenvalue weighted by Crippen LogP contribution is -2.51. The fourth-order valence-corrected chi connectivity index (χ4v) is 2.34. The first-order valence-electron chi connectivity index (χ1n) is 7.11. The second kappa shape index (κ2) is 7.14. The van der Waals surface area contributed by atoms with Gasteiger partial charge in [-0.1, -0.05) is 19.1 Å². The fourth-order valence-electron chi connectivity index (χ4n) is 2.34. The molecular formula is C15H23N3O2. The lowest BCUT2D eigenvalue weighted by Gasteiger charge is -2.34. The molecule has 0 spiro atoms. The molecule has 1 aliphatic rings. The third-order valence-electron chi connectivity index (χ3n) is 3.68. The van der Waals surface area contributed by atoms with Crippen molar-refractivity contribution in [1.29, 1.82) is 0 Å². The van der Waals surface area contributed by atoms with Crippen molar-refractivity contribution in [3.63, 3.8) is 0 Å². The number of likely N-dealkylation sites (N-methyl/N-ethyl adjacent to an activating group) is 1. The number of urea groups is 1. The monoisotopic (exact) mass is 277 g/mol. The molecule has 2 rings (SSSR count). The molecule has 20 heavy (non-hydrogen) atoms. The van der Waals surface area contributed by atoms with E-state index in [0.717, 1.165) is 44.0 Å². The summed E-state index contributed by atoms with van der Waals surface area (Å²) in [5.41, 5.74) is 1.05. The van der Waals surface area contributed by atoms with E-state index in [9.17, 15) is 4.79 Å². The number of rotatable bonds is 4. The normalized spacial score (nSPS) is 16.0. The minimum atomic E-state index is 0.0172. The molecule has 1 aliphatic heterocycles. The van der Waals surface area contributed by atoms with Gasteiger partial charge in [-0.15, -0.1) is 0 Å². The Labute approximate surface area is 120 Å². The summed E-state index contributed by atoms with van der Waals surface area (Å²) in [6.07, 6.45) is 0. The van der Waals surface area contributed by atoms with Gasteiger partial charge in [0.25, 0.3) is 0 Å². The number of benzene rings is 1. The maximum absolute atomic E-state index is 12.1. The number of piperazine rings is 1. The number of hydrogen-bond donors (Lipinski definition) is 1. The van der Waals surface area contributed by atoms with Crippen molar-refractivity contribution < 1.29 is 9.53 Å². The van der Waals surface area contributed by atoms with E-state index in [1.165, 1.54) is 0 Å². The number of ether oxygens (including phenoxy) is 1. The second-order valence-electron chi connectivity index (χ2n) is 4.93. The average molecular weight is 277 g/mol. The molecule has 0 unspecified atom stereocenters. The predicted octanol–water partition coefficient (Wildman–Crippen LogP) is 1.54. The van der Waals surface area contributed by atoms with Crippen LogP contribution in [-0.4, -0.2) is 55.7 Å². The van der Waals surface area contributed by atoms with Crippen molar-refractivity contribution in [2.24, 2.45) is 0 Å². The van der Waals surface area contributed by atoms with E-state index in [0.29, 0.717) is 6.54 Å². The Hall–Kier alpha value is -1.75. The molecule has 1 aromatic rings. The highest BCUT2D eigenvalue weighted by Gasteiger charge is 2.19. The van der Waals surface area contributed by atoms with E-state index in [1.54, 1.807) is 7.11 Å². The highest BCUT2D eigenvalue weighted by Crippen LogP contribution is 2.12. The Balaban J connectivity index is 1.80. The molecule has 110 valence electrons. The predicted molar refractivity (Wildman–Crippen MR) is 78.9 cm³/mol. The molecule has 1 fully saturated rings. The Bertz CT molecular complexity index is 442. The van der Waals surface area contributed by atoms with Crippen LogP contribution >= 0.6 is 0 Å². The molecule has 5 nitrogen and oxygen atoms in total. The standard InChI is InChI=1S/C15H23N3O2/c1-3-17-7-9-18(10-8-17)15(19)16-12-13-5-4-6-14(11-13)20-2/h4-6,11H,3,7-10,12H2,1-2H3,(H,16,19). The van der Waals surface area contributed by atoms with Crippen LogP contribution in [0.15, 0.2) is 24.3 Å². The Morgan fingerprint density at radius 1 is 1.30 bits per heavy atom. The first kappa shape index (κ1) is 14.7. The quantitative estimate of drug-likeness (QED) is 0.908. The molecule has 2 amide bonds. The summed E-state index contributed by atoms with van der Waals surface area (Å²) in [6.45, 7) is 7.27. The smallest absolute Gasteiger partial charge is 0.317 e. The van der Waals surface area contributed by atoms with Crippen LogP contribution in [0, 0.1) is 0 Å². The molecule has 0 atom stereocenters. The summed E-state index contributed by atoms with van der Waals surface area (Å²) in [4.78, 5) is 16.3. The van der Waals surface area contributed by atoms with Gasteiger partial charge in [0, 0.05) is 32.7 Å². The van der Waals surface area contributed by atoms with E-state index in [-0.39, 0.29) is 6.03 Å². The minimum Gasteiger partial charge on any atom is -0.497 e. The fraction of sp³-hybridized carbons (Fsp3) is 0.533. The molecule has 5 heteroatoms. The van der Waals surface area contributed by atoms with E-state index in [2.05, 4.69) is 17.1 Å². The third-order valence-corrected chi connectivity index (χ3v) is 3.68. The lowest BCUT2D eigenvalue weighted by molar-refractivity contribution is 0.142. The van der Waals surface area contributed by atoms with E-state index >= 15 is 0 Å². The van der Waals surface area contributed by atoms with Crippen LogP contribution in [0.3, 0.4) is 0 Å². The molecule has 0 radical (unpaired) electrons. The number of methoxy groups -OCH3 is 1. The van der Waals surface area contributed by atoms with Crippen molar-refractivity contribution in [3.8, 4) is 5.75 Å². The molecule has 1 aromatic carbocycles. The van der Waals surface area contributed by atoms with Crippen molar-refractivity contribution in [2.75, 3.05) is 39.8 Å². The van der Waals surface area contributed by atoms with Crippen molar-refractivity contribution >= 4 is 6.03 Å². The van der Waals surface area contributed by atoms with Gasteiger partial charge >= 0.3 is 6.03 Å². The number of hydrogen-bond acceptors (Lipinski definition) is 3. The van der Waals surface area contributed by atoms with Gasteiger partial charge in [0.2, 0.25) is 0 Å². The lowest BCUT2D eigenvalue weighted by atomic mass is 10.2.